The van der Waals surface area contributed by atoms with Gasteiger partial charge >= 0.3 is 5.97 Å². The summed E-state index contributed by atoms with van der Waals surface area (Å²) in [5, 5.41) is 18.2. The summed E-state index contributed by atoms with van der Waals surface area (Å²) in [5.74, 6) is -0.459. The Morgan fingerprint density at radius 3 is 2.33 bits per heavy atom. The molecular weight excluding hydrogens is 230 g/mol. The summed E-state index contributed by atoms with van der Waals surface area (Å²) in [6, 6.07) is 7.45. The minimum absolute atomic E-state index is 0.252. The summed E-state index contributed by atoms with van der Waals surface area (Å²) in [4.78, 5) is 13.1. The molecular formula is C14H19NO3. The first-order valence-electron chi connectivity index (χ1n) is 6.25. The SMILES string of the molecule is CC(C(=O)O)C1CN(C(C)c2ccc(O)cc2)C1. The normalized spacial score (nSPS) is 20.1. The van der Waals surface area contributed by atoms with Crippen molar-refractivity contribution in [1.82, 2.24) is 4.90 Å². The lowest BCUT2D eigenvalue weighted by molar-refractivity contribution is -0.146. The molecule has 0 spiro atoms. The van der Waals surface area contributed by atoms with Crippen LogP contribution in [-0.2, 0) is 4.79 Å². The van der Waals surface area contributed by atoms with Crippen molar-refractivity contribution in [3.8, 4) is 5.75 Å². The molecule has 1 aliphatic heterocycles. The molecule has 0 amide bonds. The molecule has 1 aliphatic rings. The first kappa shape index (κ1) is 12.9. The maximum atomic E-state index is 10.9. The zero-order valence-electron chi connectivity index (χ0n) is 10.7. The summed E-state index contributed by atoms with van der Waals surface area (Å²) in [5.41, 5.74) is 1.15. The molecule has 1 saturated heterocycles. The predicted molar refractivity (Wildman–Crippen MR) is 68.4 cm³/mol. The summed E-state index contributed by atoms with van der Waals surface area (Å²) in [6.07, 6.45) is 0. The molecule has 0 saturated carbocycles. The Kier molecular flexibility index (Phi) is 3.57. The van der Waals surface area contributed by atoms with Crippen LogP contribution in [0.3, 0.4) is 0 Å². The van der Waals surface area contributed by atoms with E-state index in [1.54, 1.807) is 19.1 Å². The third-order valence-corrected chi connectivity index (χ3v) is 3.96. The number of carboxylic acid groups (broad SMARTS) is 1. The van der Waals surface area contributed by atoms with Gasteiger partial charge in [-0.15, -0.1) is 0 Å². The highest BCUT2D eigenvalue weighted by atomic mass is 16.4. The van der Waals surface area contributed by atoms with Crippen molar-refractivity contribution >= 4 is 5.97 Å². The number of phenols is 1. The van der Waals surface area contributed by atoms with E-state index in [2.05, 4.69) is 11.8 Å². The Morgan fingerprint density at radius 1 is 1.28 bits per heavy atom. The van der Waals surface area contributed by atoms with Crippen LogP contribution in [0.15, 0.2) is 24.3 Å². The highest BCUT2D eigenvalue weighted by molar-refractivity contribution is 5.70. The number of hydrogen-bond acceptors (Lipinski definition) is 3. The van der Waals surface area contributed by atoms with Crippen LogP contribution in [0.1, 0.15) is 25.5 Å². The Hall–Kier alpha value is -1.55. The molecule has 1 heterocycles. The first-order chi connectivity index (χ1) is 8.49. The average molecular weight is 249 g/mol. The van der Waals surface area contributed by atoms with Gasteiger partial charge < -0.3 is 10.2 Å². The average Bonchev–Trinajstić information content (AvgIpc) is 2.27. The maximum Gasteiger partial charge on any atom is 0.306 e. The standard InChI is InChI=1S/C14H19NO3/c1-9(14(17)18)12-7-15(8-12)10(2)11-3-5-13(16)6-4-11/h3-6,9-10,12,16H,7-8H2,1-2H3,(H,17,18). The second kappa shape index (κ2) is 4.98. The van der Waals surface area contributed by atoms with Crippen LogP contribution >= 0.6 is 0 Å². The zero-order chi connectivity index (χ0) is 13.3. The lowest BCUT2D eigenvalue weighted by Gasteiger charge is -2.45. The van der Waals surface area contributed by atoms with Gasteiger partial charge in [0.2, 0.25) is 0 Å². The Morgan fingerprint density at radius 2 is 1.83 bits per heavy atom. The molecule has 4 heteroatoms. The van der Waals surface area contributed by atoms with Crippen LogP contribution < -0.4 is 0 Å². The van der Waals surface area contributed by atoms with Crippen molar-refractivity contribution in [2.75, 3.05) is 13.1 Å². The van der Waals surface area contributed by atoms with Gasteiger partial charge in [0.05, 0.1) is 5.92 Å². The van der Waals surface area contributed by atoms with Gasteiger partial charge in [-0.1, -0.05) is 19.1 Å². The Bertz CT molecular complexity index is 423. The van der Waals surface area contributed by atoms with E-state index < -0.39 is 5.97 Å². The lowest BCUT2D eigenvalue weighted by Crippen LogP contribution is -2.51. The lowest BCUT2D eigenvalue weighted by atomic mass is 9.85. The molecule has 0 radical (unpaired) electrons. The molecule has 1 fully saturated rings. The molecule has 98 valence electrons. The topological polar surface area (TPSA) is 60.8 Å². The van der Waals surface area contributed by atoms with Crippen LogP contribution in [0, 0.1) is 11.8 Å². The monoisotopic (exact) mass is 249 g/mol. The van der Waals surface area contributed by atoms with E-state index in [0.717, 1.165) is 18.7 Å². The number of likely N-dealkylation sites (tertiary alicyclic amines) is 1. The fourth-order valence-corrected chi connectivity index (χ4v) is 2.35. The zero-order valence-corrected chi connectivity index (χ0v) is 10.7. The predicted octanol–water partition coefficient (Wildman–Crippen LogP) is 2.11. The summed E-state index contributed by atoms with van der Waals surface area (Å²) < 4.78 is 0. The van der Waals surface area contributed by atoms with E-state index in [0.29, 0.717) is 0 Å². The number of phenolic OH excluding ortho intramolecular Hbond substituents is 1. The van der Waals surface area contributed by atoms with Crippen molar-refractivity contribution in [2.45, 2.75) is 19.9 Å². The molecule has 0 aliphatic carbocycles. The quantitative estimate of drug-likeness (QED) is 0.858. The summed E-state index contributed by atoms with van der Waals surface area (Å²) >= 11 is 0. The van der Waals surface area contributed by atoms with E-state index in [-0.39, 0.29) is 23.6 Å². The van der Waals surface area contributed by atoms with Crippen LogP contribution in [0.4, 0.5) is 0 Å². The Balaban J connectivity index is 1.92. The van der Waals surface area contributed by atoms with E-state index in [1.807, 2.05) is 12.1 Å². The van der Waals surface area contributed by atoms with Crippen molar-refractivity contribution in [1.29, 1.82) is 0 Å². The summed E-state index contributed by atoms with van der Waals surface area (Å²) in [6.45, 7) is 5.54. The number of hydrogen-bond donors (Lipinski definition) is 2. The van der Waals surface area contributed by atoms with Crippen LogP contribution in [0.5, 0.6) is 5.75 Å². The number of aliphatic carboxylic acids is 1. The number of carbonyl (C=O) groups is 1. The highest BCUT2D eigenvalue weighted by Gasteiger charge is 2.36. The molecule has 1 aromatic rings. The van der Waals surface area contributed by atoms with Gasteiger partial charge in [-0.25, -0.2) is 0 Å². The van der Waals surface area contributed by atoms with Gasteiger partial charge in [-0.3, -0.25) is 9.69 Å². The van der Waals surface area contributed by atoms with Gasteiger partial charge in [0, 0.05) is 19.1 Å². The molecule has 18 heavy (non-hydrogen) atoms. The minimum atomic E-state index is -0.711. The molecule has 1 aromatic carbocycles. The van der Waals surface area contributed by atoms with Crippen molar-refractivity contribution in [3.63, 3.8) is 0 Å². The molecule has 2 unspecified atom stereocenters. The van der Waals surface area contributed by atoms with Gasteiger partial charge in [0.25, 0.3) is 0 Å². The van der Waals surface area contributed by atoms with Gasteiger partial charge in [-0.05, 0) is 30.5 Å². The third-order valence-electron chi connectivity index (χ3n) is 3.96. The third kappa shape index (κ3) is 2.48. The van der Waals surface area contributed by atoms with E-state index in [4.69, 9.17) is 5.11 Å². The number of aromatic hydroxyl groups is 1. The fourth-order valence-electron chi connectivity index (χ4n) is 2.35. The number of nitrogens with zero attached hydrogens (tertiary/aromatic N) is 1. The molecule has 4 nitrogen and oxygen atoms in total. The van der Waals surface area contributed by atoms with Crippen molar-refractivity contribution in [2.24, 2.45) is 11.8 Å². The van der Waals surface area contributed by atoms with Crippen LogP contribution in [-0.4, -0.2) is 34.2 Å². The molecule has 2 N–H and O–H groups in total. The second-order valence-corrected chi connectivity index (χ2v) is 5.11. The minimum Gasteiger partial charge on any atom is -0.508 e. The van der Waals surface area contributed by atoms with Crippen molar-refractivity contribution in [3.05, 3.63) is 29.8 Å². The number of rotatable bonds is 4. The largest absolute Gasteiger partial charge is 0.508 e. The van der Waals surface area contributed by atoms with Crippen molar-refractivity contribution < 1.29 is 15.0 Å². The molecule has 0 bridgehead atoms. The van der Waals surface area contributed by atoms with Crippen LogP contribution in [0.2, 0.25) is 0 Å². The second-order valence-electron chi connectivity index (χ2n) is 5.11. The van der Waals surface area contributed by atoms with Gasteiger partial charge in [0.15, 0.2) is 0 Å². The molecule has 2 atom stereocenters. The number of carboxylic acids is 1. The fraction of sp³-hybridized carbons (Fsp3) is 0.500. The highest BCUT2D eigenvalue weighted by Crippen LogP contribution is 2.32. The first-order valence-corrected chi connectivity index (χ1v) is 6.25. The number of benzene rings is 1. The van der Waals surface area contributed by atoms with Crippen LogP contribution in [0.25, 0.3) is 0 Å². The van der Waals surface area contributed by atoms with E-state index in [1.165, 1.54) is 0 Å². The molecule has 0 aromatic heterocycles. The smallest absolute Gasteiger partial charge is 0.306 e. The summed E-state index contributed by atoms with van der Waals surface area (Å²) in [7, 11) is 0. The van der Waals surface area contributed by atoms with Gasteiger partial charge in [-0.2, -0.15) is 0 Å². The van der Waals surface area contributed by atoms with E-state index in [9.17, 15) is 9.90 Å². The maximum absolute atomic E-state index is 10.9. The Labute approximate surface area is 107 Å². The molecule has 2 rings (SSSR count). The van der Waals surface area contributed by atoms with E-state index >= 15 is 0 Å². The van der Waals surface area contributed by atoms with Gasteiger partial charge in [0.1, 0.15) is 5.75 Å².